The minimum absolute atomic E-state index is 0.136. The minimum atomic E-state index is -1.45. The molecule has 0 saturated carbocycles. The van der Waals surface area contributed by atoms with Gasteiger partial charge in [-0.1, -0.05) is 0 Å². The summed E-state index contributed by atoms with van der Waals surface area (Å²) in [5, 5.41) is 4.83. The van der Waals surface area contributed by atoms with E-state index >= 15 is 0 Å². The maximum absolute atomic E-state index is 13.1. The molecule has 1 unspecified atom stereocenters. The molecule has 96 valence electrons. The van der Waals surface area contributed by atoms with Gasteiger partial charge in [-0.15, -0.1) is 11.3 Å². The van der Waals surface area contributed by atoms with Crippen molar-refractivity contribution in [1.29, 1.82) is 0 Å². The molecule has 0 aliphatic rings. The monoisotopic (exact) mass is 335 g/mol. The zero-order valence-electron chi connectivity index (χ0n) is 9.31. The summed E-state index contributed by atoms with van der Waals surface area (Å²) >= 11 is 4.90. The molecule has 0 saturated heterocycles. The van der Waals surface area contributed by atoms with Crippen LogP contribution in [0.15, 0.2) is 28.1 Å². The normalized spacial score (nSPS) is 12.5. The Morgan fingerprint density at radius 2 is 1.83 bits per heavy atom. The van der Waals surface area contributed by atoms with E-state index in [1.165, 1.54) is 11.3 Å². The average Bonchev–Trinajstić information content (AvgIpc) is 2.72. The minimum Gasteiger partial charge on any atom is -0.377 e. The molecule has 6 heteroatoms. The molecule has 18 heavy (non-hydrogen) atoms. The second kappa shape index (κ2) is 5.32. The Bertz CT molecular complexity index is 547. The van der Waals surface area contributed by atoms with E-state index in [1.807, 2.05) is 18.4 Å². The van der Waals surface area contributed by atoms with Crippen molar-refractivity contribution >= 4 is 33.0 Å². The fraction of sp³-hybridized carbons (Fsp3) is 0.167. The molecule has 0 amide bonds. The van der Waals surface area contributed by atoms with Gasteiger partial charge in [0.05, 0.1) is 6.04 Å². The van der Waals surface area contributed by atoms with Crippen molar-refractivity contribution < 1.29 is 13.2 Å². The predicted molar refractivity (Wildman–Crippen MR) is 70.4 cm³/mol. The van der Waals surface area contributed by atoms with Crippen molar-refractivity contribution in [3.05, 3.63) is 50.4 Å². The van der Waals surface area contributed by atoms with Crippen LogP contribution in [0.5, 0.6) is 0 Å². The highest BCUT2D eigenvalue weighted by molar-refractivity contribution is 9.10. The lowest BCUT2D eigenvalue weighted by atomic mass is 10.2. The SMILES string of the molecule is CC(Nc1cc(F)c(F)c(F)c1)c1sccc1Br. The lowest BCUT2D eigenvalue weighted by Crippen LogP contribution is -2.06. The molecule has 1 N–H and O–H groups in total. The molecular formula is C12H9BrF3NS. The van der Waals surface area contributed by atoms with E-state index < -0.39 is 17.5 Å². The highest BCUT2D eigenvalue weighted by atomic mass is 79.9. The number of rotatable bonds is 3. The second-order valence-electron chi connectivity index (χ2n) is 3.75. The third kappa shape index (κ3) is 2.70. The van der Waals surface area contributed by atoms with Crippen molar-refractivity contribution in [1.82, 2.24) is 0 Å². The highest BCUT2D eigenvalue weighted by Crippen LogP contribution is 2.31. The van der Waals surface area contributed by atoms with Crippen LogP contribution in [-0.2, 0) is 0 Å². The Labute approximate surface area is 115 Å². The molecule has 2 aromatic rings. The van der Waals surface area contributed by atoms with Gasteiger partial charge in [0.15, 0.2) is 17.5 Å². The molecule has 1 aromatic heterocycles. The smallest absolute Gasteiger partial charge is 0.194 e. The van der Waals surface area contributed by atoms with Crippen molar-refractivity contribution in [3.8, 4) is 0 Å². The zero-order chi connectivity index (χ0) is 13.3. The summed E-state index contributed by atoms with van der Waals surface area (Å²) in [7, 11) is 0. The molecule has 0 fully saturated rings. The lowest BCUT2D eigenvalue weighted by Gasteiger charge is -2.15. The molecule has 0 aliphatic carbocycles. The van der Waals surface area contributed by atoms with E-state index in [0.29, 0.717) is 0 Å². The molecule has 0 spiro atoms. The Balaban J connectivity index is 2.22. The van der Waals surface area contributed by atoms with Gasteiger partial charge in [0.2, 0.25) is 0 Å². The Hall–Kier alpha value is -1.01. The largest absolute Gasteiger partial charge is 0.377 e. The lowest BCUT2D eigenvalue weighted by molar-refractivity contribution is 0.447. The molecule has 1 heterocycles. The van der Waals surface area contributed by atoms with Gasteiger partial charge in [0, 0.05) is 27.2 Å². The topological polar surface area (TPSA) is 12.0 Å². The van der Waals surface area contributed by atoms with Gasteiger partial charge in [-0.05, 0) is 34.3 Å². The molecule has 2 rings (SSSR count). The number of anilines is 1. The van der Waals surface area contributed by atoms with Crippen LogP contribution in [0.2, 0.25) is 0 Å². The van der Waals surface area contributed by atoms with E-state index in [2.05, 4.69) is 21.2 Å². The quantitative estimate of drug-likeness (QED) is 0.769. The fourth-order valence-electron chi connectivity index (χ4n) is 1.57. The second-order valence-corrected chi connectivity index (χ2v) is 5.55. The molecule has 0 bridgehead atoms. The van der Waals surface area contributed by atoms with Crippen LogP contribution >= 0.6 is 27.3 Å². The first-order chi connectivity index (χ1) is 8.49. The third-order valence-electron chi connectivity index (χ3n) is 2.41. The summed E-state index contributed by atoms with van der Waals surface area (Å²) in [4.78, 5) is 1.00. The van der Waals surface area contributed by atoms with E-state index in [4.69, 9.17) is 0 Å². The third-order valence-corrected chi connectivity index (χ3v) is 4.46. The van der Waals surface area contributed by atoms with Crippen molar-refractivity contribution in [3.63, 3.8) is 0 Å². The molecular weight excluding hydrogens is 327 g/mol. The number of hydrogen-bond donors (Lipinski definition) is 1. The van der Waals surface area contributed by atoms with E-state index in [9.17, 15) is 13.2 Å². The van der Waals surface area contributed by atoms with Crippen LogP contribution in [0.1, 0.15) is 17.8 Å². The van der Waals surface area contributed by atoms with E-state index in [1.54, 1.807) is 0 Å². The van der Waals surface area contributed by atoms with Crippen LogP contribution < -0.4 is 5.32 Å². The molecule has 1 nitrogen and oxygen atoms in total. The number of thiophene rings is 1. The highest BCUT2D eigenvalue weighted by Gasteiger charge is 2.14. The van der Waals surface area contributed by atoms with Crippen LogP contribution in [0, 0.1) is 17.5 Å². The van der Waals surface area contributed by atoms with Gasteiger partial charge >= 0.3 is 0 Å². The standard InChI is InChI=1S/C12H9BrF3NS/c1-6(12-8(13)2-3-18-12)17-7-4-9(14)11(16)10(15)5-7/h2-6,17H,1H3. The van der Waals surface area contributed by atoms with Crippen LogP contribution in [-0.4, -0.2) is 0 Å². The zero-order valence-corrected chi connectivity index (χ0v) is 11.7. The van der Waals surface area contributed by atoms with Crippen LogP contribution in [0.25, 0.3) is 0 Å². The van der Waals surface area contributed by atoms with Crippen molar-refractivity contribution in [2.24, 2.45) is 0 Å². The van der Waals surface area contributed by atoms with Gasteiger partial charge in [-0.2, -0.15) is 0 Å². The summed E-state index contributed by atoms with van der Waals surface area (Å²) in [5.41, 5.74) is 0.208. The van der Waals surface area contributed by atoms with Gasteiger partial charge < -0.3 is 5.32 Å². The Morgan fingerprint density at radius 3 is 2.33 bits per heavy atom. The summed E-state index contributed by atoms with van der Waals surface area (Å²) in [6, 6.07) is 3.64. The van der Waals surface area contributed by atoms with Gasteiger partial charge in [-0.3, -0.25) is 0 Å². The predicted octanol–water partition coefficient (Wildman–Crippen LogP) is 5.10. The van der Waals surface area contributed by atoms with E-state index in [-0.39, 0.29) is 11.7 Å². The molecule has 1 aromatic carbocycles. The maximum atomic E-state index is 13.1. The number of hydrogen-bond acceptors (Lipinski definition) is 2. The number of nitrogens with one attached hydrogen (secondary N) is 1. The summed E-state index contributed by atoms with van der Waals surface area (Å²) < 4.78 is 39.8. The Kier molecular flexibility index (Phi) is 3.97. The van der Waals surface area contributed by atoms with Gasteiger partial charge in [0.1, 0.15) is 0 Å². The number of benzene rings is 1. The van der Waals surface area contributed by atoms with Crippen molar-refractivity contribution in [2.45, 2.75) is 13.0 Å². The Morgan fingerprint density at radius 1 is 1.22 bits per heavy atom. The molecule has 0 aliphatic heterocycles. The summed E-state index contributed by atoms with van der Waals surface area (Å²) in [6.45, 7) is 1.86. The van der Waals surface area contributed by atoms with Crippen LogP contribution in [0.3, 0.4) is 0 Å². The van der Waals surface area contributed by atoms with Crippen LogP contribution in [0.4, 0.5) is 18.9 Å². The van der Waals surface area contributed by atoms with Gasteiger partial charge in [0.25, 0.3) is 0 Å². The molecule has 1 atom stereocenters. The van der Waals surface area contributed by atoms with Gasteiger partial charge in [-0.25, -0.2) is 13.2 Å². The van der Waals surface area contributed by atoms with E-state index in [0.717, 1.165) is 21.5 Å². The van der Waals surface area contributed by atoms with Crippen molar-refractivity contribution in [2.75, 3.05) is 5.32 Å². The average molecular weight is 336 g/mol. The molecule has 0 radical (unpaired) electrons. The summed E-state index contributed by atoms with van der Waals surface area (Å²) in [6.07, 6.45) is 0. The first-order valence-corrected chi connectivity index (χ1v) is 6.80. The number of halogens is 4. The summed E-state index contributed by atoms with van der Waals surface area (Å²) in [5.74, 6) is -3.85. The first-order valence-electron chi connectivity index (χ1n) is 5.13. The fourth-order valence-corrected chi connectivity index (χ4v) is 3.29. The first kappa shape index (κ1) is 13.4. The maximum Gasteiger partial charge on any atom is 0.194 e.